The van der Waals surface area contributed by atoms with Crippen molar-refractivity contribution in [3.05, 3.63) is 92.0 Å². The van der Waals surface area contributed by atoms with E-state index in [9.17, 15) is 33.9 Å². The second-order valence-corrected chi connectivity index (χ2v) is 21.3. The van der Waals surface area contributed by atoms with Crippen LogP contribution in [0.15, 0.2) is 47.5 Å². The van der Waals surface area contributed by atoms with Crippen LogP contribution < -0.4 is 20.7 Å². The molecular formula is C54H68ClN11O10S. The predicted octanol–water partition coefficient (Wildman–Crippen LogP) is 5.62. The maximum Gasteiger partial charge on any atom is 0.407 e. The third-order valence-corrected chi connectivity index (χ3v) is 16.3. The van der Waals surface area contributed by atoms with Crippen LogP contribution in [0.4, 0.5) is 4.79 Å². The van der Waals surface area contributed by atoms with Crippen LogP contribution in [0.1, 0.15) is 106 Å². The van der Waals surface area contributed by atoms with E-state index in [1.165, 1.54) is 21.1 Å². The minimum atomic E-state index is -1.25. The number of hydrogen-bond acceptors (Lipinski definition) is 13. The molecule has 0 radical (unpaired) electrons. The van der Waals surface area contributed by atoms with E-state index in [2.05, 4.69) is 40.0 Å². The fourth-order valence-corrected chi connectivity index (χ4v) is 11.6. The number of carbonyl (C=O) groups is 6. The van der Waals surface area contributed by atoms with Gasteiger partial charge < -0.3 is 49.6 Å². The Kier molecular flexibility index (Phi) is 18.3. The highest BCUT2D eigenvalue weighted by atomic mass is 35.5. The number of aromatic nitrogens is 4. The number of piperazine rings is 1. The van der Waals surface area contributed by atoms with Gasteiger partial charge >= 0.3 is 6.09 Å². The van der Waals surface area contributed by atoms with E-state index in [1.807, 2.05) is 35.8 Å². The second kappa shape index (κ2) is 25.1. The van der Waals surface area contributed by atoms with Gasteiger partial charge in [0, 0.05) is 85.8 Å². The Morgan fingerprint density at radius 3 is 2.21 bits per heavy atom. The number of benzene rings is 2. The minimum absolute atomic E-state index is 0.0431. The van der Waals surface area contributed by atoms with Gasteiger partial charge in [-0.25, -0.2) is 4.79 Å². The number of nitrogens with one attached hydrogen (secondary N) is 3. The Labute approximate surface area is 456 Å². The predicted molar refractivity (Wildman–Crippen MR) is 291 cm³/mol. The van der Waals surface area contributed by atoms with Crippen LogP contribution in [-0.2, 0) is 30.9 Å². The zero-order valence-corrected chi connectivity index (χ0v) is 46.2. The molecule has 412 valence electrons. The molecule has 1 aliphatic carbocycles. The minimum Gasteiger partial charge on any atom is -0.497 e. The summed E-state index contributed by atoms with van der Waals surface area (Å²) in [5, 5.41) is 29.2. The Morgan fingerprint density at radius 2 is 1.55 bits per heavy atom. The van der Waals surface area contributed by atoms with Crippen LogP contribution in [0.5, 0.6) is 5.75 Å². The molecule has 3 atom stereocenters. The number of aliphatic imine (C=N–C) groups is 1. The molecule has 4 N–H and O–H groups in total. The van der Waals surface area contributed by atoms with E-state index in [0.717, 1.165) is 69.3 Å². The average molecular weight is 1100 g/mol. The number of thiophene rings is 1. The van der Waals surface area contributed by atoms with Crippen LogP contribution in [0.25, 0.3) is 15.9 Å². The third-order valence-electron chi connectivity index (χ3n) is 14.9. The monoisotopic (exact) mass is 1100 g/mol. The van der Waals surface area contributed by atoms with E-state index in [-0.39, 0.29) is 107 Å². The number of nitrogens with zero attached hydrogens (tertiary/aromatic N) is 8. The SMILES string of the molecule is COc1ccc2c(C(=O)NCCOCCOCCNC(=O)C[C@@H]3N=C(c4ccc(Cl)cc4)c4c(sc(C)c4C)-n4c(C)nnc43)c(C(=O)N3CCN(C(=O)[C@@H](NC(=O)[C@H](C)N(C)C(=O)O)C4CCCCC4)CC3)n(C)c2c1. The summed E-state index contributed by atoms with van der Waals surface area (Å²) in [7, 11) is 4.58. The lowest BCUT2D eigenvalue weighted by Crippen LogP contribution is -2.59. The summed E-state index contributed by atoms with van der Waals surface area (Å²) in [6.45, 7) is 9.58. The molecule has 2 aliphatic heterocycles. The van der Waals surface area contributed by atoms with Gasteiger partial charge in [-0.05, 0) is 76.3 Å². The maximum atomic E-state index is 14.5. The Balaban J connectivity index is 0.816. The van der Waals surface area contributed by atoms with Gasteiger partial charge in [0.05, 0.1) is 56.7 Å². The molecule has 6 amide bonds. The number of aryl methyl sites for hydroxylation is 3. The molecule has 5 aromatic rings. The lowest BCUT2D eigenvalue weighted by atomic mass is 9.83. The van der Waals surface area contributed by atoms with E-state index < -0.39 is 36.0 Å². The van der Waals surface area contributed by atoms with Gasteiger partial charge in [0.1, 0.15) is 40.4 Å². The molecule has 0 unspecified atom stereocenters. The van der Waals surface area contributed by atoms with E-state index >= 15 is 0 Å². The third kappa shape index (κ3) is 12.5. The number of carbonyl (C=O) groups excluding carboxylic acids is 5. The molecule has 77 heavy (non-hydrogen) atoms. The van der Waals surface area contributed by atoms with Gasteiger partial charge in [-0.1, -0.05) is 43.0 Å². The van der Waals surface area contributed by atoms with E-state index in [4.69, 9.17) is 30.8 Å². The van der Waals surface area contributed by atoms with Crippen molar-refractivity contribution in [3.63, 3.8) is 0 Å². The molecule has 23 heteroatoms. The lowest BCUT2D eigenvalue weighted by Gasteiger charge is -2.39. The molecule has 3 aromatic heterocycles. The first kappa shape index (κ1) is 56.3. The molecule has 5 heterocycles. The number of methoxy groups -OCH3 is 1. The molecule has 2 aromatic carbocycles. The highest BCUT2D eigenvalue weighted by molar-refractivity contribution is 7.15. The molecule has 1 saturated heterocycles. The molecule has 1 saturated carbocycles. The number of fused-ring (bicyclic) bond motifs is 4. The van der Waals surface area contributed by atoms with Crippen LogP contribution >= 0.6 is 22.9 Å². The summed E-state index contributed by atoms with van der Waals surface area (Å²) in [4.78, 5) is 91.5. The van der Waals surface area contributed by atoms with Gasteiger partial charge in [-0.15, -0.1) is 21.5 Å². The normalized spacial score (nSPS) is 16.4. The van der Waals surface area contributed by atoms with Crippen molar-refractivity contribution in [3.8, 4) is 10.8 Å². The van der Waals surface area contributed by atoms with Gasteiger partial charge in [0.15, 0.2) is 5.82 Å². The first-order valence-corrected chi connectivity index (χ1v) is 27.3. The van der Waals surface area contributed by atoms with Crippen molar-refractivity contribution in [2.75, 3.05) is 79.9 Å². The summed E-state index contributed by atoms with van der Waals surface area (Å²) in [6, 6.07) is 10.3. The summed E-state index contributed by atoms with van der Waals surface area (Å²) >= 11 is 7.90. The zero-order valence-electron chi connectivity index (χ0n) is 44.6. The molecule has 8 rings (SSSR count). The Morgan fingerprint density at radius 1 is 0.883 bits per heavy atom. The molecule has 3 aliphatic rings. The smallest absolute Gasteiger partial charge is 0.407 e. The number of likely N-dealkylation sites (N-methyl/N-ethyl adjacent to an activating group) is 1. The number of halogens is 1. The largest absolute Gasteiger partial charge is 0.497 e. The van der Waals surface area contributed by atoms with Gasteiger partial charge in [-0.2, -0.15) is 0 Å². The summed E-state index contributed by atoms with van der Waals surface area (Å²) in [5.41, 5.74) is 4.74. The van der Waals surface area contributed by atoms with Crippen molar-refractivity contribution in [1.29, 1.82) is 0 Å². The number of amides is 6. The standard InChI is InChI=1S/C54H68ClN11O10S/c1-31-33(3)77-53-43(31)45(36-13-15-37(55)16-14-36)58-40(48-61-60-34(4)66(48)53)30-42(67)56-19-25-75-27-28-76-26-20-57-50(69)44-39-18-17-38(74-7)29-41(39)63(6)47(44)52(71)65-23-21-64(22-24-65)51(70)46(35-11-9-8-10-12-35)59-49(68)32(2)62(5)54(72)73/h13-18,29,32,35,40,46H,8-12,19-28,30H2,1-7H3,(H,56,67)(H,57,69)(H,59,68)(H,72,73)/t32-,40-,46-/m0/s1. The molecule has 21 nitrogen and oxygen atoms in total. The van der Waals surface area contributed by atoms with Gasteiger partial charge in [0.2, 0.25) is 17.7 Å². The molecular weight excluding hydrogens is 1030 g/mol. The van der Waals surface area contributed by atoms with Crippen molar-refractivity contribution >= 4 is 75.2 Å². The molecule has 2 fully saturated rings. The van der Waals surface area contributed by atoms with Crippen LogP contribution in [0, 0.1) is 26.7 Å². The number of carboxylic acid groups (broad SMARTS) is 1. The fourth-order valence-electron chi connectivity index (χ4n) is 10.3. The fraction of sp³-hybridized carbons (Fsp3) is 0.500. The number of rotatable bonds is 20. The first-order valence-electron chi connectivity index (χ1n) is 26.1. The van der Waals surface area contributed by atoms with Crippen LogP contribution in [0.3, 0.4) is 0 Å². The van der Waals surface area contributed by atoms with Crippen molar-refractivity contribution in [2.24, 2.45) is 18.0 Å². The number of ether oxygens (including phenoxy) is 3. The Hall–Kier alpha value is -6.88. The summed E-state index contributed by atoms with van der Waals surface area (Å²) < 4.78 is 20.7. The van der Waals surface area contributed by atoms with E-state index in [0.29, 0.717) is 33.3 Å². The lowest BCUT2D eigenvalue weighted by molar-refractivity contribution is -0.140. The van der Waals surface area contributed by atoms with E-state index in [1.54, 1.807) is 51.0 Å². The van der Waals surface area contributed by atoms with Gasteiger partial charge in [-0.3, -0.25) is 38.4 Å². The van der Waals surface area contributed by atoms with Gasteiger partial charge in [0.25, 0.3) is 11.8 Å². The van der Waals surface area contributed by atoms with Crippen molar-refractivity contribution < 1.29 is 48.1 Å². The van der Waals surface area contributed by atoms with Crippen molar-refractivity contribution in [2.45, 2.75) is 84.3 Å². The molecule has 0 spiro atoms. The summed E-state index contributed by atoms with van der Waals surface area (Å²) in [6.07, 6.45) is 3.20. The highest BCUT2D eigenvalue weighted by Crippen LogP contribution is 2.40. The maximum absolute atomic E-state index is 14.5. The first-order chi connectivity index (χ1) is 37.0. The van der Waals surface area contributed by atoms with Crippen LogP contribution in [0.2, 0.25) is 5.02 Å². The average Bonchev–Trinajstić information content (AvgIpc) is 4.18. The summed E-state index contributed by atoms with van der Waals surface area (Å²) in [5.74, 6) is -0.118. The molecule has 0 bridgehead atoms. The highest BCUT2D eigenvalue weighted by Gasteiger charge is 2.39. The Bertz CT molecular complexity index is 3030. The topological polar surface area (TPSA) is 244 Å². The van der Waals surface area contributed by atoms with Crippen LogP contribution in [-0.4, -0.2) is 172 Å². The van der Waals surface area contributed by atoms with Crippen molar-refractivity contribution in [1.82, 2.24) is 50.0 Å². The number of hydrogen-bond donors (Lipinski definition) is 4. The second-order valence-electron chi connectivity index (χ2n) is 19.7. The quantitative estimate of drug-likeness (QED) is 0.0695. The zero-order chi connectivity index (χ0) is 55.1.